The number of nitrogens with zero attached hydrogens (tertiary/aromatic N) is 2. The Bertz CT molecular complexity index is 560. The molecule has 1 aliphatic heterocycles. The molecular weight excluding hydrogens is 336 g/mol. The lowest BCUT2D eigenvalue weighted by Gasteiger charge is -2.15. The van der Waals surface area contributed by atoms with Gasteiger partial charge in [0.15, 0.2) is 5.96 Å². The van der Waals surface area contributed by atoms with Crippen molar-refractivity contribution in [3.05, 3.63) is 35.4 Å². The first-order valence-corrected chi connectivity index (χ1v) is 10.7. The molecular formula is C22H36N4O. The molecule has 150 valence electrons. The largest absolute Gasteiger partial charge is 0.378 e. The van der Waals surface area contributed by atoms with Crippen LogP contribution < -0.4 is 10.6 Å². The number of rotatable bonds is 9. The second-order valence-electron chi connectivity index (χ2n) is 7.78. The zero-order valence-electron chi connectivity index (χ0n) is 16.9. The van der Waals surface area contributed by atoms with Gasteiger partial charge in [0.25, 0.3) is 0 Å². The Hall–Kier alpha value is -1.59. The summed E-state index contributed by atoms with van der Waals surface area (Å²) in [5, 5.41) is 6.77. The molecule has 1 aromatic rings. The minimum Gasteiger partial charge on any atom is -0.378 e. The van der Waals surface area contributed by atoms with Crippen molar-refractivity contribution in [3.8, 4) is 0 Å². The molecule has 1 saturated heterocycles. The number of hydrogen-bond donors (Lipinski definition) is 2. The second-order valence-corrected chi connectivity index (χ2v) is 7.78. The summed E-state index contributed by atoms with van der Waals surface area (Å²) < 4.78 is 5.90. The summed E-state index contributed by atoms with van der Waals surface area (Å²) in [5.74, 6) is 0.858. The lowest BCUT2D eigenvalue weighted by molar-refractivity contribution is 0.0574. The van der Waals surface area contributed by atoms with Gasteiger partial charge >= 0.3 is 0 Å². The molecule has 0 spiro atoms. The van der Waals surface area contributed by atoms with Crippen LogP contribution >= 0.6 is 0 Å². The van der Waals surface area contributed by atoms with Gasteiger partial charge < -0.3 is 15.4 Å². The third-order valence-electron chi connectivity index (χ3n) is 5.58. The summed E-state index contributed by atoms with van der Waals surface area (Å²) in [6.07, 6.45) is 9.37. The molecule has 1 heterocycles. The fraction of sp³-hybridized carbons (Fsp3) is 0.682. The number of guanidine groups is 1. The minimum atomic E-state index is 0.510. The molecule has 1 saturated carbocycles. The normalized spacial score (nSPS) is 18.9. The van der Waals surface area contributed by atoms with Crippen molar-refractivity contribution in [3.63, 3.8) is 0 Å². The van der Waals surface area contributed by atoms with Gasteiger partial charge in [0.2, 0.25) is 0 Å². The van der Waals surface area contributed by atoms with Crippen molar-refractivity contribution < 1.29 is 4.74 Å². The Kier molecular flexibility index (Phi) is 8.43. The molecule has 1 aromatic carbocycles. The minimum absolute atomic E-state index is 0.510. The molecule has 2 fully saturated rings. The molecule has 5 nitrogen and oxygen atoms in total. The van der Waals surface area contributed by atoms with Crippen LogP contribution in [0.3, 0.4) is 0 Å². The summed E-state index contributed by atoms with van der Waals surface area (Å²) >= 11 is 0. The van der Waals surface area contributed by atoms with Crippen molar-refractivity contribution >= 4 is 5.96 Å². The number of ether oxygens (including phenoxy) is 1. The molecule has 3 rings (SSSR count). The van der Waals surface area contributed by atoms with Crippen LogP contribution in [0.4, 0.5) is 0 Å². The lowest BCUT2D eigenvalue weighted by atomic mass is 10.1. The van der Waals surface area contributed by atoms with E-state index in [-0.39, 0.29) is 0 Å². The van der Waals surface area contributed by atoms with Crippen LogP contribution in [0.1, 0.15) is 56.1 Å². The fourth-order valence-electron chi connectivity index (χ4n) is 3.95. The number of likely N-dealkylation sites (tertiary alicyclic amines) is 1. The van der Waals surface area contributed by atoms with Crippen LogP contribution in [0.25, 0.3) is 0 Å². The van der Waals surface area contributed by atoms with Gasteiger partial charge in [-0.3, -0.25) is 9.89 Å². The van der Waals surface area contributed by atoms with E-state index in [1.165, 1.54) is 62.7 Å². The van der Waals surface area contributed by atoms with Gasteiger partial charge in [0.05, 0.1) is 6.10 Å². The number of aliphatic imine (C=N–C) groups is 1. The summed E-state index contributed by atoms with van der Waals surface area (Å²) in [4.78, 5) is 6.85. The highest BCUT2D eigenvalue weighted by Crippen LogP contribution is 2.20. The van der Waals surface area contributed by atoms with Gasteiger partial charge in [-0.15, -0.1) is 0 Å². The average Bonchev–Trinajstić information content (AvgIpc) is 3.39. The van der Waals surface area contributed by atoms with Crippen LogP contribution in [-0.4, -0.2) is 50.3 Å². The number of nitrogens with one attached hydrogen (secondary N) is 2. The zero-order chi connectivity index (χ0) is 18.7. The van der Waals surface area contributed by atoms with Crippen LogP contribution in [0.2, 0.25) is 0 Å². The average molecular weight is 373 g/mol. The molecule has 1 aliphatic carbocycles. The van der Waals surface area contributed by atoms with Crippen LogP contribution in [-0.2, 0) is 17.8 Å². The Labute approximate surface area is 164 Å². The van der Waals surface area contributed by atoms with E-state index in [9.17, 15) is 0 Å². The van der Waals surface area contributed by atoms with E-state index in [1.807, 2.05) is 7.05 Å². The highest BCUT2D eigenvalue weighted by Gasteiger charge is 2.14. The third kappa shape index (κ3) is 7.15. The van der Waals surface area contributed by atoms with Crippen molar-refractivity contribution in [2.45, 2.75) is 64.1 Å². The van der Waals surface area contributed by atoms with Crippen molar-refractivity contribution in [1.29, 1.82) is 0 Å². The summed E-state index contributed by atoms with van der Waals surface area (Å²) in [5.41, 5.74) is 2.69. The molecule has 0 amide bonds. The van der Waals surface area contributed by atoms with Gasteiger partial charge in [-0.25, -0.2) is 0 Å². The smallest absolute Gasteiger partial charge is 0.191 e. The second kappa shape index (κ2) is 11.3. The first-order valence-electron chi connectivity index (χ1n) is 10.7. The molecule has 0 atom stereocenters. The predicted octanol–water partition coefficient (Wildman–Crippen LogP) is 3.30. The lowest BCUT2D eigenvalue weighted by Crippen LogP contribution is -2.37. The Balaban J connectivity index is 1.30. The molecule has 2 aliphatic rings. The fourth-order valence-corrected chi connectivity index (χ4v) is 3.95. The number of hydrogen-bond acceptors (Lipinski definition) is 3. The summed E-state index contributed by atoms with van der Waals surface area (Å²) in [6, 6.07) is 8.96. The highest BCUT2D eigenvalue weighted by atomic mass is 16.5. The standard InChI is InChI=1S/C22H36N4O/c1-23-22(24-13-6-16-27-21-7-2-3-8-21)25-17-19-9-11-20(12-10-19)18-26-14-4-5-15-26/h9-12,21H,2-8,13-18H2,1H3,(H2,23,24,25). The molecule has 0 bridgehead atoms. The van der Waals surface area contributed by atoms with E-state index in [1.54, 1.807) is 0 Å². The summed E-state index contributed by atoms with van der Waals surface area (Å²) in [7, 11) is 1.82. The monoisotopic (exact) mass is 372 g/mol. The van der Waals surface area contributed by atoms with Crippen molar-refractivity contribution in [1.82, 2.24) is 15.5 Å². The van der Waals surface area contributed by atoms with Crippen LogP contribution in [0, 0.1) is 0 Å². The van der Waals surface area contributed by atoms with Crippen molar-refractivity contribution in [2.24, 2.45) is 4.99 Å². The van der Waals surface area contributed by atoms with E-state index in [2.05, 4.69) is 44.8 Å². The Morgan fingerprint density at radius 3 is 2.44 bits per heavy atom. The SMILES string of the molecule is CN=C(NCCCOC1CCCC1)NCc1ccc(CN2CCCC2)cc1. The molecule has 0 aromatic heterocycles. The van der Waals surface area contributed by atoms with Gasteiger partial charge in [0, 0.05) is 33.3 Å². The third-order valence-corrected chi connectivity index (χ3v) is 5.58. The predicted molar refractivity (Wildman–Crippen MR) is 112 cm³/mol. The highest BCUT2D eigenvalue weighted by molar-refractivity contribution is 5.79. The van der Waals surface area contributed by atoms with Crippen LogP contribution in [0.15, 0.2) is 29.3 Å². The van der Waals surface area contributed by atoms with E-state index >= 15 is 0 Å². The molecule has 27 heavy (non-hydrogen) atoms. The van der Waals surface area contributed by atoms with Crippen LogP contribution in [0.5, 0.6) is 0 Å². The maximum absolute atomic E-state index is 5.90. The van der Waals surface area contributed by atoms with Gasteiger partial charge in [-0.1, -0.05) is 37.1 Å². The zero-order valence-corrected chi connectivity index (χ0v) is 16.9. The molecule has 0 radical (unpaired) electrons. The molecule has 5 heteroatoms. The van der Waals surface area contributed by atoms with Gasteiger partial charge in [-0.2, -0.15) is 0 Å². The van der Waals surface area contributed by atoms with E-state index in [4.69, 9.17) is 4.74 Å². The first-order chi connectivity index (χ1) is 13.3. The Morgan fingerprint density at radius 2 is 1.74 bits per heavy atom. The van der Waals surface area contributed by atoms with Gasteiger partial charge in [0.1, 0.15) is 0 Å². The maximum Gasteiger partial charge on any atom is 0.191 e. The van der Waals surface area contributed by atoms with E-state index in [0.717, 1.165) is 38.6 Å². The maximum atomic E-state index is 5.90. The molecule has 2 N–H and O–H groups in total. The molecule has 0 unspecified atom stereocenters. The summed E-state index contributed by atoms with van der Waals surface area (Å²) in [6.45, 7) is 6.10. The van der Waals surface area contributed by atoms with Crippen molar-refractivity contribution in [2.75, 3.05) is 33.3 Å². The van der Waals surface area contributed by atoms with Gasteiger partial charge in [-0.05, 0) is 56.3 Å². The Morgan fingerprint density at radius 1 is 1.04 bits per heavy atom. The van der Waals surface area contributed by atoms with E-state index in [0.29, 0.717) is 6.10 Å². The quantitative estimate of drug-likeness (QED) is 0.397. The topological polar surface area (TPSA) is 48.9 Å². The first kappa shape index (κ1) is 20.2. The number of benzene rings is 1. The van der Waals surface area contributed by atoms with E-state index < -0.39 is 0 Å².